The summed E-state index contributed by atoms with van der Waals surface area (Å²) in [7, 11) is 1.28. The smallest absolute Gasteiger partial charge is 0.416 e. The summed E-state index contributed by atoms with van der Waals surface area (Å²) in [5.74, 6) is -0.643. The standard InChI is InChI=1S/C32H34F3N5O4/c1-44-30(42)23-8-3-5-10-26(23)37-31(43)38-17-14-21(15-18-38)40-28(20-12-13-20)24(19-36-40)29(41)39-16-6-11-27(39)22-7-2-4-9-25(22)32(33,34)35/h2-5,7-10,19-21,27H,6,11-18H2,1H3,(H,37,43). The SMILES string of the molecule is COC(=O)c1ccccc1NC(=O)N1CCC(n2ncc(C(=O)N3CCCC3c3ccccc3C(F)(F)F)c2C2CC2)CC1. The predicted molar refractivity (Wildman–Crippen MR) is 155 cm³/mol. The van der Waals surface area contributed by atoms with E-state index in [9.17, 15) is 27.6 Å². The van der Waals surface area contributed by atoms with E-state index in [1.54, 1.807) is 46.3 Å². The molecule has 3 fully saturated rings. The summed E-state index contributed by atoms with van der Waals surface area (Å²) in [5, 5.41) is 7.46. The summed E-state index contributed by atoms with van der Waals surface area (Å²) in [5.41, 5.74) is 1.38. The number of ether oxygens (including phenoxy) is 1. The lowest BCUT2D eigenvalue weighted by Crippen LogP contribution is -2.42. The molecule has 9 nitrogen and oxygen atoms in total. The van der Waals surface area contributed by atoms with Crippen molar-refractivity contribution in [3.63, 3.8) is 0 Å². The highest BCUT2D eigenvalue weighted by Crippen LogP contribution is 2.45. The first-order valence-electron chi connectivity index (χ1n) is 14.9. The average Bonchev–Trinajstić information content (AvgIpc) is 3.57. The number of alkyl halides is 3. The molecule has 6 rings (SSSR count). The molecule has 0 bridgehead atoms. The molecule has 1 saturated carbocycles. The Morgan fingerprint density at radius 2 is 1.61 bits per heavy atom. The third-order valence-corrected chi connectivity index (χ3v) is 8.84. The molecule has 1 aliphatic carbocycles. The molecule has 1 unspecified atom stereocenters. The summed E-state index contributed by atoms with van der Waals surface area (Å²) in [6, 6.07) is 11.2. The van der Waals surface area contributed by atoms with Crippen molar-refractivity contribution in [3.8, 4) is 0 Å². The zero-order valence-electron chi connectivity index (χ0n) is 24.3. The minimum Gasteiger partial charge on any atom is -0.465 e. The van der Waals surface area contributed by atoms with Crippen LogP contribution in [0, 0.1) is 0 Å². The molecule has 3 aliphatic rings. The molecule has 2 aromatic carbocycles. The molecule has 3 aromatic rings. The number of hydrogen-bond acceptors (Lipinski definition) is 5. The number of halogens is 3. The van der Waals surface area contributed by atoms with Gasteiger partial charge in [0.15, 0.2) is 0 Å². The van der Waals surface area contributed by atoms with E-state index >= 15 is 0 Å². The van der Waals surface area contributed by atoms with E-state index in [1.165, 1.54) is 19.2 Å². The Labute approximate surface area is 253 Å². The van der Waals surface area contributed by atoms with Gasteiger partial charge in [0.05, 0.1) is 53.5 Å². The first kappa shape index (κ1) is 29.7. The number of hydrogen-bond donors (Lipinski definition) is 1. The van der Waals surface area contributed by atoms with Crippen LogP contribution in [0.4, 0.5) is 23.7 Å². The fourth-order valence-corrected chi connectivity index (χ4v) is 6.51. The van der Waals surface area contributed by atoms with Crippen molar-refractivity contribution in [1.82, 2.24) is 19.6 Å². The Morgan fingerprint density at radius 3 is 2.32 bits per heavy atom. The maximum Gasteiger partial charge on any atom is 0.416 e. The first-order chi connectivity index (χ1) is 21.2. The van der Waals surface area contributed by atoms with Gasteiger partial charge in [-0.3, -0.25) is 9.48 Å². The molecule has 2 aliphatic heterocycles. The molecule has 1 aromatic heterocycles. The number of piperidine rings is 1. The van der Waals surface area contributed by atoms with E-state index in [1.807, 2.05) is 4.68 Å². The number of likely N-dealkylation sites (tertiary alicyclic amines) is 2. The van der Waals surface area contributed by atoms with Gasteiger partial charge in [-0.25, -0.2) is 9.59 Å². The number of esters is 1. The predicted octanol–water partition coefficient (Wildman–Crippen LogP) is 6.41. The van der Waals surface area contributed by atoms with Gasteiger partial charge in [0.2, 0.25) is 0 Å². The molecule has 3 heterocycles. The van der Waals surface area contributed by atoms with Crippen LogP contribution in [0.25, 0.3) is 0 Å². The number of carbonyl (C=O) groups is 3. The van der Waals surface area contributed by atoms with Gasteiger partial charge in [-0.1, -0.05) is 30.3 Å². The number of rotatable bonds is 6. The fraction of sp³-hybridized carbons (Fsp3) is 0.438. The highest BCUT2D eigenvalue weighted by molar-refractivity contribution is 6.00. The van der Waals surface area contributed by atoms with Crippen molar-refractivity contribution in [2.24, 2.45) is 0 Å². The number of para-hydroxylation sites is 1. The van der Waals surface area contributed by atoms with Crippen LogP contribution in [0.15, 0.2) is 54.7 Å². The Kier molecular flexibility index (Phi) is 8.08. The first-order valence-corrected chi connectivity index (χ1v) is 14.9. The third-order valence-electron chi connectivity index (χ3n) is 8.84. The molecule has 0 radical (unpaired) electrons. The summed E-state index contributed by atoms with van der Waals surface area (Å²) < 4.78 is 48.2. The average molecular weight is 610 g/mol. The van der Waals surface area contributed by atoms with Crippen LogP contribution in [-0.4, -0.2) is 64.2 Å². The summed E-state index contributed by atoms with van der Waals surface area (Å²) in [6.45, 7) is 1.29. The van der Waals surface area contributed by atoms with Gasteiger partial charge in [-0.05, 0) is 62.3 Å². The lowest BCUT2D eigenvalue weighted by molar-refractivity contribution is -0.138. The van der Waals surface area contributed by atoms with Gasteiger partial charge in [-0.15, -0.1) is 0 Å². The fourth-order valence-electron chi connectivity index (χ4n) is 6.51. The molecular formula is C32H34F3N5O4. The number of nitrogens with one attached hydrogen (secondary N) is 1. The minimum absolute atomic E-state index is 0.0288. The third kappa shape index (κ3) is 5.77. The molecule has 2 saturated heterocycles. The number of anilines is 1. The van der Waals surface area contributed by atoms with Crippen molar-refractivity contribution < 1.29 is 32.3 Å². The van der Waals surface area contributed by atoms with Gasteiger partial charge >= 0.3 is 18.2 Å². The van der Waals surface area contributed by atoms with Crippen LogP contribution in [0.2, 0.25) is 0 Å². The van der Waals surface area contributed by atoms with Crippen LogP contribution < -0.4 is 5.32 Å². The molecule has 3 amide bonds. The van der Waals surface area contributed by atoms with Crippen molar-refractivity contribution in [3.05, 3.63) is 82.7 Å². The molecule has 12 heteroatoms. The lowest BCUT2D eigenvalue weighted by Gasteiger charge is -2.33. The van der Waals surface area contributed by atoms with Gasteiger partial charge in [0, 0.05) is 25.6 Å². The number of carbonyl (C=O) groups excluding carboxylic acids is 3. The zero-order valence-corrected chi connectivity index (χ0v) is 24.3. The van der Waals surface area contributed by atoms with Crippen LogP contribution in [0.5, 0.6) is 0 Å². The highest BCUT2D eigenvalue weighted by Gasteiger charge is 2.42. The molecule has 232 valence electrons. The normalized spacial score (nSPS) is 19.2. The second-order valence-electron chi connectivity index (χ2n) is 11.6. The second kappa shape index (κ2) is 12.0. The van der Waals surface area contributed by atoms with E-state index in [-0.39, 0.29) is 35.0 Å². The number of methoxy groups -OCH3 is 1. The van der Waals surface area contributed by atoms with Crippen molar-refractivity contribution in [2.45, 2.75) is 62.7 Å². The Hall–Kier alpha value is -4.35. The van der Waals surface area contributed by atoms with Gasteiger partial charge in [-0.2, -0.15) is 18.3 Å². The van der Waals surface area contributed by atoms with Crippen molar-refractivity contribution in [2.75, 3.05) is 32.1 Å². The van der Waals surface area contributed by atoms with E-state index in [0.717, 1.165) is 24.6 Å². The van der Waals surface area contributed by atoms with Gasteiger partial charge in [0.25, 0.3) is 5.91 Å². The second-order valence-corrected chi connectivity index (χ2v) is 11.6. The zero-order chi connectivity index (χ0) is 31.0. The summed E-state index contributed by atoms with van der Waals surface area (Å²) in [6.07, 6.45) is 1.24. The van der Waals surface area contributed by atoms with Gasteiger partial charge in [0.1, 0.15) is 0 Å². The van der Waals surface area contributed by atoms with Crippen LogP contribution in [0.3, 0.4) is 0 Å². The van der Waals surface area contributed by atoms with E-state index < -0.39 is 23.8 Å². The van der Waals surface area contributed by atoms with Gasteiger partial charge < -0.3 is 19.9 Å². The number of urea groups is 1. The number of nitrogens with zero attached hydrogens (tertiary/aromatic N) is 4. The molecule has 0 spiro atoms. The quantitative estimate of drug-likeness (QED) is 0.326. The minimum atomic E-state index is -4.51. The maximum atomic E-state index is 14.0. The lowest BCUT2D eigenvalue weighted by atomic mass is 9.97. The van der Waals surface area contributed by atoms with Crippen LogP contribution in [0.1, 0.15) is 94.1 Å². The summed E-state index contributed by atoms with van der Waals surface area (Å²) in [4.78, 5) is 42.4. The number of benzene rings is 2. The van der Waals surface area contributed by atoms with E-state index in [0.29, 0.717) is 56.6 Å². The van der Waals surface area contributed by atoms with Crippen molar-refractivity contribution in [1.29, 1.82) is 0 Å². The maximum absolute atomic E-state index is 14.0. The largest absolute Gasteiger partial charge is 0.465 e. The van der Waals surface area contributed by atoms with Crippen LogP contribution >= 0.6 is 0 Å². The molecule has 1 atom stereocenters. The van der Waals surface area contributed by atoms with E-state index in [2.05, 4.69) is 10.4 Å². The van der Waals surface area contributed by atoms with Crippen molar-refractivity contribution >= 4 is 23.6 Å². The topological polar surface area (TPSA) is 96.8 Å². The van der Waals surface area contributed by atoms with Crippen LogP contribution in [-0.2, 0) is 10.9 Å². The molecule has 1 N–H and O–H groups in total. The summed E-state index contributed by atoms with van der Waals surface area (Å²) >= 11 is 0. The number of amides is 3. The van der Waals surface area contributed by atoms with E-state index in [4.69, 9.17) is 4.74 Å². The Balaban J connectivity index is 1.17. The monoisotopic (exact) mass is 609 g/mol. The number of aromatic nitrogens is 2. The highest BCUT2D eigenvalue weighted by atomic mass is 19.4. The molecular weight excluding hydrogens is 575 g/mol. The Morgan fingerprint density at radius 1 is 0.909 bits per heavy atom. The molecule has 44 heavy (non-hydrogen) atoms. The Bertz CT molecular complexity index is 1560.